The lowest BCUT2D eigenvalue weighted by atomic mass is 10.3. The molecule has 1 atom stereocenters. The first-order chi connectivity index (χ1) is 4.20. The molecule has 50 valence electrons. The second-order valence-electron chi connectivity index (χ2n) is 2.02. The number of nitrogens with zero attached hydrogens (tertiary/aromatic N) is 1. The third-order valence-electron chi connectivity index (χ3n) is 1.32. The van der Waals surface area contributed by atoms with Gasteiger partial charge in [-0.25, -0.2) is 0 Å². The summed E-state index contributed by atoms with van der Waals surface area (Å²) in [7, 11) is 0. The Balaban J connectivity index is 2.62. The van der Waals surface area contributed by atoms with E-state index in [4.69, 9.17) is 5.11 Å². The van der Waals surface area contributed by atoms with Crippen LogP contribution < -0.4 is 0 Å². The smallest absolute Gasteiger partial charge is 0.244 e. The Hall–Kier alpha value is -0.900. The lowest BCUT2D eigenvalue weighted by molar-refractivity contribution is -0.426. The van der Waals surface area contributed by atoms with Crippen LogP contribution >= 0.6 is 0 Å². The molecule has 0 unspecified atom stereocenters. The van der Waals surface area contributed by atoms with Crippen molar-refractivity contribution in [2.75, 3.05) is 0 Å². The van der Waals surface area contributed by atoms with Crippen molar-refractivity contribution < 1.29 is 10.0 Å². The first-order valence-corrected chi connectivity index (χ1v) is 2.73. The topological polar surface area (TPSA) is 63.4 Å². The van der Waals surface area contributed by atoms with Gasteiger partial charge in [-0.3, -0.25) is 10.1 Å². The summed E-state index contributed by atoms with van der Waals surface area (Å²) >= 11 is 0. The summed E-state index contributed by atoms with van der Waals surface area (Å²) in [5, 5.41) is 18.7. The van der Waals surface area contributed by atoms with Gasteiger partial charge in [0.2, 0.25) is 5.70 Å². The van der Waals surface area contributed by atoms with E-state index < -0.39 is 11.0 Å². The molecule has 0 aromatic rings. The van der Waals surface area contributed by atoms with Crippen molar-refractivity contribution in [1.82, 2.24) is 0 Å². The summed E-state index contributed by atoms with van der Waals surface area (Å²) in [4.78, 5) is 9.53. The molecule has 1 aliphatic carbocycles. The van der Waals surface area contributed by atoms with Crippen LogP contribution in [0.25, 0.3) is 0 Å². The number of hydrogen-bond acceptors (Lipinski definition) is 3. The minimum Gasteiger partial charge on any atom is -0.389 e. The van der Waals surface area contributed by atoms with E-state index in [1.54, 1.807) is 0 Å². The van der Waals surface area contributed by atoms with Crippen LogP contribution in [0.1, 0.15) is 12.8 Å². The van der Waals surface area contributed by atoms with E-state index in [-0.39, 0.29) is 5.70 Å². The number of allylic oxidation sites excluding steroid dienone is 1. The zero-order chi connectivity index (χ0) is 6.85. The van der Waals surface area contributed by atoms with Crippen LogP contribution in [-0.4, -0.2) is 16.1 Å². The quantitative estimate of drug-likeness (QED) is 0.409. The molecular weight excluding hydrogens is 122 g/mol. The summed E-state index contributed by atoms with van der Waals surface area (Å²) in [6.45, 7) is 0. The maximum atomic E-state index is 9.97. The molecule has 0 saturated carbocycles. The predicted molar refractivity (Wildman–Crippen MR) is 30.3 cm³/mol. The molecule has 1 aliphatic rings. The van der Waals surface area contributed by atoms with Crippen LogP contribution in [-0.2, 0) is 0 Å². The predicted octanol–water partition coefficient (Wildman–Crippen LogP) is 0.302. The summed E-state index contributed by atoms with van der Waals surface area (Å²) < 4.78 is 0. The highest BCUT2D eigenvalue weighted by molar-refractivity contribution is 5.03. The standard InChI is InChI=1S/C5H7NO3/c7-5-2-1-4(3-5)6(8)9/h3,5,7H,1-2H2/t5-/m1/s1. The van der Waals surface area contributed by atoms with Gasteiger partial charge in [0.05, 0.1) is 11.0 Å². The number of nitro groups is 1. The van der Waals surface area contributed by atoms with Crippen LogP contribution in [0.5, 0.6) is 0 Å². The summed E-state index contributed by atoms with van der Waals surface area (Å²) in [6.07, 6.45) is 1.59. The van der Waals surface area contributed by atoms with Gasteiger partial charge in [-0.1, -0.05) is 0 Å². The molecule has 4 heteroatoms. The highest BCUT2D eigenvalue weighted by atomic mass is 16.6. The van der Waals surface area contributed by atoms with Gasteiger partial charge in [0.15, 0.2) is 0 Å². The first-order valence-electron chi connectivity index (χ1n) is 2.73. The molecule has 9 heavy (non-hydrogen) atoms. The van der Waals surface area contributed by atoms with Crippen molar-refractivity contribution in [2.24, 2.45) is 0 Å². The zero-order valence-electron chi connectivity index (χ0n) is 4.78. The molecule has 0 aromatic carbocycles. The molecule has 0 fully saturated rings. The molecule has 1 N–H and O–H groups in total. The lowest BCUT2D eigenvalue weighted by Crippen LogP contribution is -1.94. The summed E-state index contributed by atoms with van der Waals surface area (Å²) in [6, 6.07) is 0. The molecule has 0 spiro atoms. The van der Waals surface area contributed by atoms with E-state index in [1.807, 2.05) is 0 Å². The summed E-state index contributed by atoms with van der Waals surface area (Å²) in [5.41, 5.74) is 0.141. The molecule has 0 saturated heterocycles. The lowest BCUT2D eigenvalue weighted by Gasteiger charge is -1.87. The van der Waals surface area contributed by atoms with E-state index in [2.05, 4.69) is 0 Å². The largest absolute Gasteiger partial charge is 0.389 e. The van der Waals surface area contributed by atoms with Crippen LogP contribution in [0.15, 0.2) is 11.8 Å². The Morgan fingerprint density at radius 3 is 2.78 bits per heavy atom. The maximum Gasteiger partial charge on any atom is 0.244 e. The van der Waals surface area contributed by atoms with E-state index in [9.17, 15) is 10.1 Å². The van der Waals surface area contributed by atoms with Crippen LogP contribution in [0, 0.1) is 10.1 Å². The molecule has 0 aromatic heterocycles. The van der Waals surface area contributed by atoms with Crippen molar-refractivity contribution in [3.63, 3.8) is 0 Å². The van der Waals surface area contributed by atoms with Gasteiger partial charge < -0.3 is 5.11 Å². The van der Waals surface area contributed by atoms with E-state index in [0.717, 1.165) is 0 Å². The first kappa shape index (κ1) is 6.22. The van der Waals surface area contributed by atoms with E-state index in [1.165, 1.54) is 6.08 Å². The Kier molecular flexibility index (Phi) is 1.48. The van der Waals surface area contributed by atoms with Crippen LogP contribution in [0.2, 0.25) is 0 Å². The highest BCUT2D eigenvalue weighted by Gasteiger charge is 2.21. The van der Waals surface area contributed by atoms with E-state index >= 15 is 0 Å². The van der Waals surface area contributed by atoms with Crippen LogP contribution in [0.3, 0.4) is 0 Å². The fraction of sp³-hybridized carbons (Fsp3) is 0.600. The van der Waals surface area contributed by atoms with Crippen molar-refractivity contribution >= 4 is 0 Å². The Bertz CT molecular complexity index is 164. The minimum absolute atomic E-state index is 0.141. The molecule has 0 amide bonds. The highest BCUT2D eigenvalue weighted by Crippen LogP contribution is 2.17. The molecule has 4 nitrogen and oxygen atoms in total. The number of aliphatic hydroxyl groups is 1. The average molecular weight is 129 g/mol. The van der Waals surface area contributed by atoms with Crippen LogP contribution in [0.4, 0.5) is 0 Å². The van der Waals surface area contributed by atoms with Gasteiger partial charge in [0.1, 0.15) is 0 Å². The summed E-state index contributed by atoms with van der Waals surface area (Å²) in [5.74, 6) is 0. The monoisotopic (exact) mass is 129 g/mol. The van der Waals surface area contributed by atoms with Crippen molar-refractivity contribution in [3.05, 3.63) is 21.9 Å². The van der Waals surface area contributed by atoms with Gasteiger partial charge in [-0.05, 0) is 6.42 Å². The minimum atomic E-state index is -0.592. The Morgan fingerprint density at radius 2 is 2.56 bits per heavy atom. The van der Waals surface area contributed by atoms with Crippen molar-refractivity contribution in [3.8, 4) is 0 Å². The molecule has 1 rings (SSSR count). The number of aliphatic hydroxyl groups excluding tert-OH is 1. The average Bonchev–Trinajstić information content (AvgIpc) is 2.14. The second-order valence-corrected chi connectivity index (χ2v) is 2.02. The number of hydrogen-bond donors (Lipinski definition) is 1. The fourth-order valence-corrected chi connectivity index (χ4v) is 0.837. The molecule has 0 bridgehead atoms. The second kappa shape index (κ2) is 2.14. The van der Waals surface area contributed by atoms with Gasteiger partial charge in [-0.15, -0.1) is 0 Å². The third kappa shape index (κ3) is 1.26. The third-order valence-corrected chi connectivity index (χ3v) is 1.32. The number of rotatable bonds is 1. The van der Waals surface area contributed by atoms with E-state index in [0.29, 0.717) is 12.8 Å². The molecular formula is C5H7NO3. The van der Waals surface area contributed by atoms with Crippen molar-refractivity contribution in [1.29, 1.82) is 0 Å². The molecule has 0 radical (unpaired) electrons. The Morgan fingerprint density at radius 1 is 1.89 bits per heavy atom. The van der Waals surface area contributed by atoms with Crippen molar-refractivity contribution in [2.45, 2.75) is 18.9 Å². The van der Waals surface area contributed by atoms with Gasteiger partial charge >= 0.3 is 0 Å². The zero-order valence-corrected chi connectivity index (χ0v) is 4.78. The van der Waals surface area contributed by atoms with Gasteiger partial charge in [0.25, 0.3) is 0 Å². The normalized spacial score (nSPS) is 25.9. The molecule has 0 aliphatic heterocycles. The fourth-order valence-electron chi connectivity index (χ4n) is 0.837. The maximum absolute atomic E-state index is 9.97. The van der Waals surface area contributed by atoms with Gasteiger partial charge in [-0.2, -0.15) is 0 Å². The SMILES string of the molecule is O=[N+]([O-])C1=C[C@H](O)CC1. The Labute approximate surface area is 52.0 Å². The molecule has 0 heterocycles. The van der Waals surface area contributed by atoms with Gasteiger partial charge in [0, 0.05) is 12.5 Å².